The predicted octanol–water partition coefficient (Wildman–Crippen LogP) is 2.69. The zero-order valence-electron chi connectivity index (χ0n) is 12.8. The van der Waals surface area contributed by atoms with Crippen LogP contribution >= 0.6 is 0 Å². The maximum Gasteiger partial charge on any atom is 0.223 e. The second kappa shape index (κ2) is 6.65. The Morgan fingerprint density at radius 1 is 1.05 bits per heavy atom. The molecule has 0 aromatic carbocycles. The molecule has 21 heavy (non-hydrogen) atoms. The second-order valence-corrected chi connectivity index (χ2v) is 6.59. The van der Waals surface area contributed by atoms with Gasteiger partial charge in [-0.3, -0.25) is 4.79 Å². The maximum absolute atomic E-state index is 12.7. The van der Waals surface area contributed by atoms with Gasteiger partial charge in [0.2, 0.25) is 5.91 Å². The van der Waals surface area contributed by atoms with Crippen LogP contribution in [0, 0.1) is 5.41 Å². The largest absolute Gasteiger partial charge is 0.378 e. The van der Waals surface area contributed by atoms with Gasteiger partial charge in [0.15, 0.2) is 0 Å². The summed E-state index contributed by atoms with van der Waals surface area (Å²) in [6.07, 6.45) is 11.1. The monoisotopic (exact) mass is 290 g/mol. The molecule has 2 aliphatic rings. The van der Waals surface area contributed by atoms with E-state index in [9.17, 15) is 4.79 Å². The van der Waals surface area contributed by atoms with E-state index < -0.39 is 0 Å². The number of hydrogen-bond acceptors (Lipinski definition) is 2. The van der Waals surface area contributed by atoms with Gasteiger partial charge in [0, 0.05) is 38.4 Å². The topological polar surface area (TPSA) is 34.5 Å². The molecule has 4 heteroatoms. The average molecular weight is 290 g/mol. The first-order chi connectivity index (χ1) is 10.3. The third-order valence-electron chi connectivity index (χ3n) is 4.99. The molecule has 1 aliphatic carbocycles. The quantitative estimate of drug-likeness (QED) is 0.854. The number of carbonyl (C=O) groups is 1. The van der Waals surface area contributed by atoms with Crippen LogP contribution < -0.4 is 0 Å². The Labute approximate surface area is 127 Å². The predicted molar refractivity (Wildman–Crippen MR) is 82.0 cm³/mol. The molecule has 1 saturated heterocycles. The molecule has 3 rings (SSSR count). The van der Waals surface area contributed by atoms with Crippen LogP contribution in [0.5, 0.6) is 0 Å². The SMILES string of the molecule is O=C(CC1(Cn2cccc2)CCCCC1)N1CCOCC1. The van der Waals surface area contributed by atoms with Crippen molar-refractivity contribution in [2.75, 3.05) is 26.3 Å². The van der Waals surface area contributed by atoms with Crippen molar-refractivity contribution in [2.45, 2.75) is 45.1 Å². The van der Waals surface area contributed by atoms with Crippen LogP contribution in [-0.2, 0) is 16.1 Å². The number of aromatic nitrogens is 1. The van der Waals surface area contributed by atoms with E-state index in [0.717, 1.165) is 19.6 Å². The van der Waals surface area contributed by atoms with Crippen LogP contribution in [0.1, 0.15) is 38.5 Å². The van der Waals surface area contributed by atoms with E-state index in [4.69, 9.17) is 4.74 Å². The van der Waals surface area contributed by atoms with Crippen LogP contribution in [-0.4, -0.2) is 41.7 Å². The van der Waals surface area contributed by atoms with E-state index in [-0.39, 0.29) is 5.41 Å². The molecule has 2 fully saturated rings. The van der Waals surface area contributed by atoms with Crippen molar-refractivity contribution in [3.8, 4) is 0 Å². The summed E-state index contributed by atoms with van der Waals surface area (Å²) in [5.74, 6) is 0.326. The summed E-state index contributed by atoms with van der Waals surface area (Å²) in [4.78, 5) is 14.7. The lowest BCUT2D eigenvalue weighted by atomic mass is 9.71. The fourth-order valence-corrected chi connectivity index (χ4v) is 3.80. The minimum absolute atomic E-state index is 0.159. The highest BCUT2D eigenvalue weighted by atomic mass is 16.5. The maximum atomic E-state index is 12.7. The van der Waals surface area contributed by atoms with Gasteiger partial charge >= 0.3 is 0 Å². The van der Waals surface area contributed by atoms with Gasteiger partial charge in [-0.1, -0.05) is 19.3 Å². The normalized spacial score (nSPS) is 22.2. The van der Waals surface area contributed by atoms with Crippen molar-refractivity contribution >= 4 is 5.91 Å². The number of carbonyl (C=O) groups excluding carboxylic acids is 1. The smallest absolute Gasteiger partial charge is 0.223 e. The van der Waals surface area contributed by atoms with Gasteiger partial charge in [-0.15, -0.1) is 0 Å². The molecule has 0 unspecified atom stereocenters. The van der Waals surface area contributed by atoms with E-state index in [2.05, 4.69) is 29.1 Å². The Bertz CT molecular complexity index is 443. The Hall–Kier alpha value is -1.29. The fourth-order valence-electron chi connectivity index (χ4n) is 3.80. The van der Waals surface area contributed by atoms with Crippen molar-refractivity contribution in [2.24, 2.45) is 5.41 Å². The molecule has 0 atom stereocenters. The highest BCUT2D eigenvalue weighted by Crippen LogP contribution is 2.41. The Balaban J connectivity index is 1.68. The zero-order valence-corrected chi connectivity index (χ0v) is 12.8. The van der Waals surface area contributed by atoms with Gasteiger partial charge in [-0.2, -0.15) is 0 Å². The molecule has 1 amide bonds. The molecule has 4 nitrogen and oxygen atoms in total. The summed E-state index contributed by atoms with van der Waals surface area (Å²) >= 11 is 0. The van der Waals surface area contributed by atoms with E-state index in [1.165, 1.54) is 32.1 Å². The molecular weight excluding hydrogens is 264 g/mol. The van der Waals surface area contributed by atoms with Gasteiger partial charge in [0.25, 0.3) is 0 Å². The van der Waals surface area contributed by atoms with Crippen LogP contribution in [0.4, 0.5) is 0 Å². The van der Waals surface area contributed by atoms with Crippen LogP contribution in [0.25, 0.3) is 0 Å². The Kier molecular flexibility index (Phi) is 4.63. The fraction of sp³-hybridized carbons (Fsp3) is 0.706. The van der Waals surface area contributed by atoms with Crippen molar-refractivity contribution in [3.05, 3.63) is 24.5 Å². The van der Waals surface area contributed by atoms with E-state index >= 15 is 0 Å². The summed E-state index contributed by atoms with van der Waals surface area (Å²) < 4.78 is 7.60. The zero-order chi connectivity index (χ0) is 14.5. The summed E-state index contributed by atoms with van der Waals surface area (Å²) in [6.45, 7) is 3.89. The number of ether oxygens (including phenoxy) is 1. The van der Waals surface area contributed by atoms with Gasteiger partial charge in [-0.25, -0.2) is 0 Å². The van der Waals surface area contributed by atoms with Crippen LogP contribution in [0.3, 0.4) is 0 Å². The molecule has 2 heterocycles. The van der Waals surface area contributed by atoms with Crippen molar-refractivity contribution in [1.29, 1.82) is 0 Å². The molecule has 1 saturated carbocycles. The molecule has 0 spiro atoms. The first kappa shape index (κ1) is 14.6. The summed E-state index contributed by atoms with van der Waals surface area (Å²) in [5.41, 5.74) is 0.159. The lowest BCUT2D eigenvalue weighted by molar-refractivity contribution is -0.138. The van der Waals surface area contributed by atoms with Gasteiger partial charge in [-0.05, 0) is 30.4 Å². The van der Waals surface area contributed by atoms with E-state index in [1.807, 2.05) is 4.90 Å². The third kappa shape index (κ3) is 3.67. The first-order valence-electron chi connectivity index (χ1n) is 8.24. The van der Waals surface area contributed by atoms with Crippen LogP contribution in [0.15, 0.2) is 24.5 Å². The number of morpholine rings is 1. The average Bonchev–Trinajstić information content (AvgIpc) is 3.01. The van der Waals surface area contributed by atoms with Crippen molar-refractivity contribution < 1.29 is 9.53 Å². The molecule has 1 aliphatic heterocycles. The van der Waals surface area contributed by atoms with Crippen molar-refractivity contribution in [3.63, 3.8) is 0 Å². The lowest BCUT2D eigenvalue weighted by Gasteiger charge is -2.39. The highest BCUT2D eigenvalue weighted by Gasteiger charge is 2.36. The summed E-state index contributed by atoms with van der Waals surface area (Å²) in [6, 6.07) is 4.14. The second-order valence-electron chi connectivity index (χ2n) is 6.59. The minimum atomic E-state index is 0.159. The molecular formula is C17H26N2O2. The summed E-state index contributed by atoms with van der Waals surface area (Å²) in [5, 5.41) is 0. The standard InChI is InChI=1S/C17H26N2O2/c20-16(19-10-12-21-13-11-19)14-17(6-2-1-3-7-17)15-18-8-4-5-9-18/h4-5,8-9H,1-3,6-7,10-15H2. The molecule has 116 valence electrons. The first-order valence-corrected chi connectivity index (χ1v) is 8.24. The molecule has 0 bridgehead atoms. The highest BCUT2D eigenvalue weighted by molar-refractivity contribution is 5.77. The van der Waals surface area contributed by atoms with Gasteiger partial charge < -0.3 is 14.2 Å². The molecule has 0 radical (unpaired) electrons. The minimum Gasteiger partial charge on any atom is -0.378 e. The molecule has 1 aromatic heterocycles. The van der Waals surface area contributed by atoms with Crippen molar-refractivity contribution in [1.82, 2.24) is 9.47 Å². The number of amides is 1. The third-order valence-corrected chi connectivity index (χ3v) is 4.99. The van der Waals surface area contributed by atoms with E-state index in [1.54, 1.807) is 0 Å². The lowest BCUT2D eigenvalue weighted by Crippen LogP contribution is -2.44. The van der Waals surface area contributed by atoms with Crippen LogP contribution in [0.2, 0.25) is 0 Å². The van der Waals surface area contributed by atoms with Gasteiger partial charge in [0.05, 0.1) is 13.2 Å². The number of rotatable bonds is 4. The Morgan fingerprint density at radius 2 is 1.71 bits per heavy atom. The molecule has 0 N–H and O–H groups in total. The number of hydrogen-bond donors (Lipinski definition) is 0. The number of nitrogens with zero attached hydrogens (tertiary/aromatic N) is 2. The molecule has 1 aromatic rings. The Morgan fingerprint density at radius 3 is 2.38 bits per heavy atom. The summed E-state index contributed by atoms with van der Waals surface area (Å²) in [7, 11) is 0. The van der Waals surface area contributed by atoms with Gasteiger partial charge in [0.1, 0.15) is 0 Å². The van der Waals surface area contributed by atoms with E-state index in [0.29, 0.717) is 25.5 Å².